The summed E-state index contributed by atoms with van der Waals surface area (Å²) in [7, 11) is 0. The van der Waals surface area contributed by atoms with Crippen molar-refractivity contribution in [1.29, 1.82) is 0 Å². The van der Waals surface area contributed by atoms with Gasteiger partial charge in [-0.1, -0.05) is 108 Å². The molecule has 9 rings (SSSR count). The topological polar surface area (TPSA) is 56.7 Å². The summed E-state index contributed by atoms with van der Waals surface area (Å²) < 4.78 is 10.4. The SMILES string of the molecule is CC(C)Cc1cc(-c2[c-]cccc2)nc[c]1[Ge]([CH3])([CH3])[CH3].Cc1c[c-]c(-c2nc3ccccc3n2-c2ccc(-c3ccccc3)cc2C(C)(C)C)c2oc3nc(C(C)(C)C)ccc3c12.[Ir]. The van der Waals surface area contributed by atoms with E-state index in [2.05, 4.69) is 200 Å². The minimum atomic E-state index is -1.86. The van der Waals surface area contributed by atoms with Crippen molar-refractivity contribution >= 4 is 50.8 Å². The van der Waals surface area contributed by atoms with Crippen molar-refractivity contribution in [3.63, 3.8) is 0 Å². The number of imidazole rings is 1. The molecule has 9 aromatic rings. The molecular weight excluding hydrogens is 1020 g/mol. The van der Waals surface area contributed by atoms with E-state index in [0.717, 1.165) is 73.4 Å². The van der Waals surface area contributed by atoms with Crippen molar-refractivity contribution in [2.75, 3.05) is 0 Å². The maximum absolute atomic E-state index is 6.62. The van der Waals surface area contributed by atoms with Crippen LogP contribution in [0.5, 0.6) is 0 Å². The minimum Gasteiger partial charge on any atom is -0.486 e. The summed E-state index contributed by atoms with van der Waals surface area (Å²) in [4.78, 5) is 14.9. The summed E-state index contributed by atoms with van der Waals surface area (Å²) in [5.41, 5.74) is 14.5. The van der Waals surface area contributed by atoms with Gasteiger partial charge in [0.1, 0.15) is 0 Å². The van der Waals surface area contributed by atoms with Gasteiger partial charge in [-0.2, -0.15) is 0 Å². The molecule has 0 aliphatic heterocycles. The third-order valence-electron chi connectivity index (χ3n) is 11.7. The summed E-state index contributed by atoms with van der Waals surface area (Å²) in [5, 5.41) is 2.08. The Morgan fingerprint density at radius 2 is 1.47 bits per heavy atom. The molecular formula is C57H60GeIrN4O-2. The first-order chi connectivity index (χ1) is 29.9. The number of para-hydroxylation sites is 2. The Kier molecular flexibility index (Phi) is 13.5. The number of aromatic nitrogens is 4. The number of furan rings is 1. The number of hydrogen-bond donors (Lipinski definition) is 0. The molecule has 0 saturated carbocycles. The van der Waals surface area contributed by atoms with Gasteiger partial charge in [-0.25, -0.2) is 4.98 Å². The molecule has 5 nitrogen and oxygen atoms in total. The molecule has 5 aromatic carbocycles. The monoisotopic (exact) mass is 1080 g/mol. The van der Waals surface area contributed by atoms with Crippen LogP contribution in [0.15, 0.2) is 132 Å². The Morgan fingerprint density at radius 1 is 0.750 bits per heavy atom. The molecule has 0 spiro atoms. The third-order valence-corrected chi connectivity index (χ3v) is 16.1. The van der Waals surface area contributed by atoms with E-state index in [1.165, 1.54) is 22.3 Å². The van der Waals surface area contributed by atoms with Gasteiger partial charge in [0.2, 0.25) is 5.71 Å². The van der Waals surface area contributed by atoms with Gasteiger partial charge in [-0.15, -0.1) is 17.7 Å². The zero-order chi connectivity index (χ0) is 44.8. The summed E-state index contributed by atoms with van der Waals surface area (Å²) >= 11 is -1.86. The first-order valence-electron chi connectivity index (χ1n) is 22.3. The molecule has 0 atom stereocenters. The molecule has 4 aromatic heterocycles. The van der Waals surface area contributed by atoms with Crippen LogP contribution in [0.1, 0.15) is 77.8 Å². The predicted molar refractivity (Wildman–Crippen MR) is 268 cm³/mol. The van der Waals surface area contributed by atoms with E-state index in [9.17, 15) is 0 Å². The summed E-state index contributed by atoms with van der Waals surface area (Å²) in [6, 6.07) is 49.2. The second-order valence-corrected chi connectivity index (χ2v) is 31.0. The maximum atomic E-state index is 6.62. The van der Waals surface area contributed by atoms with Gasteiger partial charge < -0.3 is 8.98 Å². The molecule has 4 heterocycles. The number of aryl methyl sites for hydroxylation is 1. The smallest absolute Gasteiger partial charge is 0.216 e. The van der Waals surface area contributed by atoms with Crippen LogP contribution in [0.3, 0.4) is 0 Å². The summed E-state index contributed by atoms with van der Waals surface area (Å²) in [6.07, 6.45) is 3.27. The van der Waals surface area contributed by atoms with Gasteiger partial charge in [0, 0.05) is 42.3 Å². The Bertz CT molecular complexity index is 3070. The minimum absolute atomic E-state index is 0. The first-order valence-corrected chi connectivity index (χ1v) is 29.6. The van der Waals surface area contributed by atoms with E-state index in [1.54, 1.807) is 4.40 Å². The molecule has 7 heteroatoms. The number of fused-ring (bicyclic) bond motifs is 4. The van der Waals surface area contributed by atoms with E-state index < -0.39 is 13.3 Å². The van der Waals surface area contributed by atoms with Crippen LogP contribution >= 0.6 is 0 Å². The quantitative estimate of drug-likeness (QED) is 0.118. The number of pyridine rings is 2. The van der Waals surface area contributed by atoms with Gasteiger partial charge in [0.15, 0.2) is 0 Å². The summed E-state index contributed by atoms with van der Waals surface area (Å²) in [5.74, 6) is 8.80. The molecule has 0 fully saturated rings. The van der Waals surface area contributed by atoms with E-state index in [-0.39, 0.29) is 30.9 Å². The molecule has 0 bridgehead atoms. The predicted octanol–water partition coefficient (Wildman–Crippen LogP) is 14.6. The van der Waals surface area contributed by atoms with Crippen LogP contribution in [0.4, 0.5) is 0 Å². The van der Waals surface area contributed by atoms with Gasteiger partial charge in [0.25, 0.3) is 0 Å². The Hall–Kier alpha value is -5.14. The molecule has 1 radical (unpaired) electrons. The van der Waals surface area contributed by atoms with E-state index in [4.69, 9.17) is 19.4 Å². The van der Waals surface area contributed by atoms with Gasteiger partial charge >= 0.3 is 126 Å². The van der Waals surface area contributed by atoms with E-state index >= 15 is 0 Å². The number of hydrogen-bond acceptors (Lipinski definition) is 4. The first kappa shape index (κ1) is 46.8. The Morgan fingerprint density at radius 3 is 2.14 bits per heavy atom. The van der Waals surface area contributed by atoms with Gasteiger partial charge in [-0.3, -0.25) is 4.98 Å². The van der Waals surface area contributed by atoms with Crippen LogP contribution in [0, 0.1) is 25.0 Å². The van der Waals surface area contributed by atoms with Crippen molar-refractivity contribution in [2.45, 2.75) is 96.8 Å². The molecule has 0 saturated heterocycles. The molecule has 0 N–H and O–H groups in total. The fraction of sp³-hybridized carbons (Fsp3) is 0.281. The maximum Gasteiger partial charge on any atom is 0.216 e. The average Bonchev–Trinajstić information content (AvgIpc) is 3.83. The molecule has 329 valence electrons. The fourth-order valence-corrected chi connectivity index (χ4v) is 11.8. The van der Waals surface area contributed by atoms with Crippen molar-refractivity contribution in [2.24, 2.45) is 5.92 Å². The number of rotatable bonds is 7. The third kappa shape index (κ3) is 9.61. The zero-order valence-corrected chi connectivity index (χ0v) is 43.9. The molecule has 0 aliphatic rings. The number of nitrogens with zero attached hydrogens (tertiary/aromatic N) is 4. The normalized spacial score (nSPS) is 12.1. The molecule has 0 unspecified atom stereocenters. The van der Waals surface area contributed by atoms with Crippen LogP contribution in [0.25, 0.3) is 72.6 Å². The largest absolute Gasteiger partial charge is 0.486 e. The van der Waals surface area contributed by atoms with Crippen LogP contribution in [0.2, 0.25) is 17.3 Å². The van der Waals surface area contributed by atoms with Crippen LogP contribution in [-0.2, 0) is 37.4 Å². The van der Waals surface area contributed by atoms with E-state index in [0.29, 0.717) is 11.6 Å². The van der Waals surface area contributed by atoms with Crippen LogP contribution in [-0.4, -0.2) is 32.8 Å². The van der Waals surface area contributed by atoms with Crippen molar-refractivity contribution in [1.82, 2.24) is 19.5 Å². The zero-order valence-electron chi connectivity index (χ0n) is 39.4. The number of benzene rings is 5. The fourth-order valence-electron chi connectivity index (χ4n) is 8.51. The van der Waals surface area contributed by atoms with E-state index in [1.807, 2.05) is 24.3 Å². The molecule has 0 amide bonds. The Labute approximate surface area is 396 Å². The summed E-state index contributed by atoms with van der Waals surface area (Å²) in [6.45, 7) is 20.0. The second-order valence-electron chi connectivity index (χ2n) is 20.4. The Balaban J connectivity index is 0.000000246. The molecule has 0 aliphatic carbocycles. The van der Waals surface area contributed by atoms with Gasteiger partial charge in [0.05, 0.1) is 22.4 Å². The molecule has 64 heavy (non-hydrogen) atoms. The standard InChI is InChI=1S/C39H36N3O.C18H24GeN.Ir/c1-24-17-19-28(35-34(24)27-20-22-33(39(5,6)7)41-37(27)43-35)36-40-30-15-11-12-16-32(30)42(36)31-21-18-26(23-29(31)38(2,3)4)25-13-9-8-10-14-25;1-14(2)11-16-12-18(15-9-7-6-8-10-15)20-13-17(16)19(3,4)5;/h8-18,20-23H,1-7H3;6-9,12-14H,11H2,1-5H3;/q2*-1;. The van der Waals surface area contributed by atoms with Crippen LogP contribution < -0.4 is 4.40 Å². The van der Waals surface area contributed by atoms with Crippen molar-refractivity contribution < 1.29 is 24.5 Å². The van der Waals surface area contributed by atoms with Crippen molar-refractivity contribution in [3.05, 3.63) is 162 Å². The van der Waals surface area contributed by atoms with Gasteiger partial charge in [-0.05, 0) is 58.5 Å². The second kappa shape index (κ2) is 18.4. The van der Waals surface area contributed by atoms with Crippen molar-refractivity contribution in [3.8, 4) is 39.5 Å². The average molecular weight is 1080 g/mol.